The van der Waals surface area contributed by atoms with Crippen molar-refractivity contribution < 1.29 is 9.53 Å². The number of fused-ring (bicyclic) bond motifs is 1. The molecule has 0 aliphatic heterocycles. The Morgan fingerprint density at radius 3 is 2.52 bits per heavy atom. The lowest BCUT2D eigenvalue weighted by Crippen LogP contribution is -2.36. The van der Waals surface area contributed by atoms with E-state index in [0.29, 0.717) is 5.75 Å². The first kappa shape index (κ1) is 16.9. The summed E-state index contributed by atoms with van der Waals surface area (Å²) >= 11 is 0. The molecule has 3 rings (SSSR count). The first-order chi connectivity index (χ1) is 12.1. The van der Waals surface area contributed by atoms with Gasteiger partial charge in [0, 0.05) is 24.0 Å². The van der Waals surface area contributed by atoms with Crippen LogP contribution in [-0.4, -0.2) is 40.7 Å². The minimum Gasteiger partial charge on any atom is -0.483 e. The predicted octanol–water partition coefficient (Wildman–Crippen LogP) is 3.54. The Bertz CT molecular complexity index is 879. The van der Waals surface area contributed by atoms with Crippen molar-refractivity contribution in [3.8, 4) is 16.9 Å². The highest BCUT2D eigenvalue weighted by molar-refractivity contribution is 6.00. The Balaban J connectivity index is 1.92. The number of hydrogen-bond donors (Lipinski definition) is 0. The van der Waals surface area contributed by atoms with E-state index in [1.807, 2.05) is 56.3 Å². The Labute approximate surface area is 147 Å². The van der Waals surface area contributed by atoms with Gasteiger partial charge < -0.3 is 9.64 Å². The Kier molecular flexibility index (Phi) is 4.93. The van der Waals surface area contributed by atoms with Gasteiger partial charge in [-0.15, -0.1) is 0 Å². The van der Waals surface area contributed by atoms with E-state index in [2.05, 4.69) is 10.2 Å². The molecule has 0 spiro atoms. The minimum absolute atomic E-state index is 0.0227. The summed E-state index contributed by atoms with van der Waals surface area (Å²) < 4.78 is 5.82. The van der Waals surface area contributed by atoms with Crippen LogP contribution in [0.5, 0.6) is 5.75 Å². The summed E-state index contributed by atoms with van der Waals surface area (Å²) in [5.74, 6) is 0.661. The third kappa shape index (κ3) is 3.60. The predicted molar refractivity (Wildman–Crippen MR) is 98.4 cm³/mol. The van der Waals surface area contributed by atoms with Gasteiger partial charge in [0.2, 0.25) is 0 Å². The smallest absolute Gasteiger partial charge is 0.260 e. The number of likely N-dealkylation sites (N-methyl/N-ethyl adjacent to an activating group) is 1. The molecule has 1 amide bonds. The number of carbonyl (C=O) groups is 1. The van der Waals surface area contributed by atoms with Crippen molar-refractivity contribution in [3.05, 3.63) is 54.9 Å². The topological polar surface area (TPSA) is 55.3 Å². The summed E-state index contributed by atoms with van der Waals surface area (Å²) in [6, 6.07) is 14.0. The molecule has 0 bridgehead atoms. The molecule has 1 aromatic heterocycles. The lowest BCUT2D eigenvalue weighted by molar-refractivity contribution is -0.133. The largest absolute Gasteiger partial charge is 0.483 e. The molecule has 0 atom stereocenters. The maximum absolute atomic E-state index is 12.2. The molecule has 2 aromatic carbocycles. The van der Waals surface area contributed by atoms with E-state index in [9.17, 15) is 4.79 Å². The van der Waals surface area contributed by atoms with E-state index in [1.54, 1.807) is 24.3 Å². The molecule has 0 aliphatic carbocycles. The number of rotatable bonds is 5. The van der Waals surface area contributed by atoms with Crippen LogP contribution in [0.2, 0.25) is 0 Å². The molecular formula is C20H21N3O2. The molecule has 128 valence electrons. The van der Waals surface area contributed by atoms with Crippen LogP contribution in [0.25, 0.3) is 21.9 Å². The first-order valence-corrected chi connectivity index (χ1v) is 8.25. The molecule has 5 nitrogen and oxygen atoms in total. The maximum Gasteiger partial charge on any atom is 0.260 e. The molecule has 0 unspecified atom stereocenters. The molecule has 0 N–H and O–H groups in total. The lowest BCUT2D eigenvalue weighted by Gasteiger charge is -2.21. The van der Waals surface area contributed by atoms with Gasteiger partial charge in [0.1, 0.15) is 5.75 Å². The highest BCUT2D eigenvalue weighted by Gasteiger charge is 2.14. The van der Waals surface area contributed by atoms with Crippen molar-refractivity contribution in [1.29, 1.82) is 0 Å². The zero-order valence-corrected chi connectivity index (χ0v) is 14.6. The molecular weight excluding hydrogens is 314 g/mol. The summed E-state index contributed by atoms with van der Waals surface area (Å²) in [6.07, 6.45) is 3.42. The van der Waals surface area contributed by atoms with Gasteiger partial charge in [0.25, 0.3) is 5.91 Å². The zero-order chi connectivity index (χ0) is 17.8. The normalized spacial score (nSPS) is 10.9. The number of hydrogen-bond acceptors (Lipinski definition) is 4. The van der Waals surface area contributed by atoms with Crippen LogP contribution in [0.4, 0.5) is 0 Å². The third-order valence-electron chi connectivity index (χ3n) is 4.30. The average molecular weight is 335 g/mol. The maximum atomic E-state index is 12.2. The highest BCUT2D eigenvalue weighted by Crippen LogP contribution is 2.34. The second kappa shape index (κ2) is 7.30. The van der Waals surface area contributed by atoms with Gasteiger partial charge in [0.05, 0.1) is 12.4 Å². The number of benzene rings is 2. The molecule has 25 heavy (non-hydrogen) atoms. The van der Waals surface area contributed by atoms with E-state index in [1.165, 1.54) is 0 Å². The SMILES string of the molecule is CC(C)N(C)C(=O)COc1ccc(-c2ccnnc2)c2ccccc12. The van der Waals surface area contributed by atoms with Crippen LogP contribution in [0, 0.1) is 0 Å². The van der Waals surface area contributed by atoms with Crippen LogP contribution >= 0.6 is 0 Å². The summed E-state index contributed by atoms with van der Waals surface area (Å²) in [7, 11) is 1.79. The van der Waals surface area contributed by atoms with Crippen molar-refractivity contribution in [2.24, 2.45) is 0 Å². The second-order valence-corrected chi connectivity index (χ2v) is 6.18. The van der Waals surface area contributed by atoms with E-state index < -0.39 is 0 Å². The molecule has 0 saturated carbocycles. The van der Waals surface area contributed by atoms with Crippen molar-refractivity contribution in [3.63, 3.8) is 0 Å². The van der Waals surface area contributed by atoms with Gasteiger partial charge in [0.15, 0.2) is 6.61 Å². The van der Waals surface area contributed by atoms with Gasteiger partial charge >= 0.3 is 0 Å². The van der Waals surface area contributed by atoms with E-state index in [0.717, 1.165) is 21.9 Å². The number of amides is 1. The van der Waals surface area contributed by atoms with Crippen LogP contribution in [0.15, 0.2) is 54.9 Å². The summed E-state index contributed by atoms with van der Waals surface area (Å²) in [6.45, 7) is 3.98. The van der Waals surface area contributed by atoms with E-state index in [-0.39, 0.29) is 18.6 Å². The lowest BCUT2D eigenvalue weighted by atomic mass is 9.99. The standard InChI is InChI=1S/C20H21N3O2/c1-14(2)23(3)20(24)13-25-19-9-8-16(15-10-11-21-22-12-15)17-6-4-5-7-18(17)19/h4-12,14H,13H2,1-3H3. The summed E-state index contributed by atoms with van der Waals surface area (Å²) in [5.41, 5.74) is 2.05. The molecule has 0 aliphatic rings. The quantitative estimate of drug-likeness (QED) is 0.715. The van der Waals surface area contributed by atoms with Crippen LogP contribution in [-0.2, 0) is 4.79 Å². The Hall–Kier alpha value is -2.95. The zero-order valence-electron chi connectivity index (χ0n) is 14.6. The first-order valence-electron chi connectivity index (χ1n) is 8.25. The van der Waals surface area contributed by atoms with Gasteiger partial charge in [-0.1, -0.05) is 24.3 Å². The van der Waals surface area contributed by atoms with Crippen molar-refractivity contribution in [2.45, 2.75) is 19.9 Å². The minimum atomic E-state index is -0.0403. The van der Waals surface area contributed by atoms with E-state index in [4.69, 9.17) is 4.74 Å². The molecule has 5 heteroatoms. The molecule has 1 heterocycles. The van der Waals surface area contributed by atoms with Crippen molar-refractivity contribution in [1.82, 2.24) is 15.1 Å². The van der Waals surface area contributed by atoms with Gasteiger partial charge in [-0.3, -0.25) is 4.79 Å². The second-order valence-electron chi connectivity index (χ2n) is 6.18. The number of aromatic nitrogens is 2. The van der Waals surface area contributed by atoms with Crippen LogP contribution in [0.3, 0.4) is 0 Å². The average Bonchev–Trinajstić information content (AvgIpc) is 2.65. The molecule has 0 fully saturated rings. The molecule has 0 radical (unpaired) electrons. The molecule has 0 saturated heterocycles. The molecule has 3 aromatic rings. The fraction of sp³-hybridized carbons (Fsp3) is 0.250. The Morgan fingerprint density at radius 1 is 1.08 bits per heavy atom. The van der Waals surface area contributed by atoms with E-state index >= 15 is 0 Å². The summed E-state index contributed by atoms with van der Waals surface area (Å²) in [4.78, 5) is 13.8. The third-order valence-corrected chi connectivity index (χ3v) is 4.30. The number of ether oxygens (including phenoxy) is 1. The van der Waals surface area contributed by atoms with Crippen LogP contribution < -0.4 is 4.74 Å². The van der Waals surface area contributed by atoms with Gasteiger partial charge in [-0.2, -0.15) is 10.2 Å². The fourth-order valence-corrected chi connectivity index (χ4v) is 2.63. The Morgan fingerprint density at radius 2 is 1.84 bits per heavy atom. The number of carbonyl (C=O) groups excluding carboxylic acids is 1. The van der Waals surface area contributed by atoms with Crippen molar-refractivity contribution in [2.75, 3.05) is 13.7 Å². The highest BCUT2D eigenvalue weighted by atomic mass is 16.5. The van der Waals surface area contributed by atoms with Crippen molar-refractivity contribution >= 4 is 16.7 Å². The number of nitrogens with zero attached hydrogens (tertiary/aromatic N) is 3. The van der Waals surface area contributed by atoms with Gasteiger partial charge in [-0.25, -0.2) is 0 Å². The summed E-state index contributed by atoms with van der Waals surface area (Å²) in [5, 5.41) is 9.81. The van der Waals surface area contributed by atoms with Gasteiger partial charge in [-0.05, 0) is 43.0 Å². The van der Waals surface area contributed by atoms with Crippen LogP contribution in [0.1, 0.15) is 13.8 Å². The fourth-order valence-electron chi connectivity index (χ4n) is 2.63. The monoisotopic (exact) mass is 335 g/mol.